The SMILES string of the molecule is COC(=O)C1=C(C(C)C)CCC(C)(C)C1. The number of esters is 1. The summed E-state index contributed by atoms with van der Waals surface area (Å²) < 4.78 is 4.87. The molecule has 0 bridgehead atoms. The Kier molecular flexibility index (Phi) is 3.58. The Morgan fingerprint density at radius 2 is 2.00 bits per heavy atom. The van der Waals surface area contributed by atoms with E-state index in [1.807, 2.05) is 0 Å². The fraction of sp³-hybridized carbons (Fsp3) is 0.769. The van der Waals surface area contributed by atoms with Crippen LogP contribution in [0.2, 0.25) is 0 Å². The van der Waals surface area contributed by atoms with Gasteiger partial charge in [0.25, 0.3) is 0 Å². The molecular formula is C13H22O2. The molecule has 15 heavy (non-hydrogen) atoms. The van der Waals surface area contributed by atoms with Crippen molar-refractivity contribution < 1.29 is 9.53 Å². The van der Waals surface area contributed by atoms with E-state index in [9.17, 15) is 4.79 Å². The summed E-state index contributed by atoms with van der Waals surface area (Å²) in [6.07, 6.45) is 3.06. The molecule has 1 rings (SSSR count). The highest BCUT2D eigenvalue weighted by Gasteiger charge is 2.31. The lowest BCUT2D eigenvalue weighted by Crippen LogP contribution is -2.24. The minimum Gasteiger partial charge on any atom is -0.466 e. The minimum atomic E-state index is -0.133. The molecule has 1 aliphatic carbocycles. The van der Waals surface area contributed by atoms with Crippen LogP contribution in [0.5, 0.6) is 0 Å². The molecule has 0 aromatic heterocycles. The van der Waals surface area contributed by atoms with Crippen LogP contribution in [-0.2, 0) is 9.53 Å². The number of carbonyl (C=O) groups is 1. The highest BCUT2D eigenvalue weighted by molar-refractivity contribution is 5.89. The molecule has 0 unspecified atom stereocenters. The van der Waals surface area contributed by atoms with Gasteiger partial charge in [-0.1, -0.05) is 33.3 Å². The van der Waals surface area contributed by atoms with Crippen LogP contribution in [0.25, 0.3) is 0 Å². The fourth-order valence-corrected chi connectivity index (χ4v) is 2.27. The minimum absolute atomic E-state index is 0.133. The summed E-state index contributed by atoms with van der Waals surface area (Å²) in [5.41, 5.74) is 2.45. The Balaban J connectivity index is 3.03. The molecule has 0 radical (unpaired) electrons. The molecule has 0 N–H and O–H groups in total. The Morgan fingerprint density at radius 1 is 1.40 bits per heavy atom. The van der Waals surface area contributed by atoms with Crippen LogP contribution in [0.15, 0.2) is 11.1 Å². The van der Waals surface area contributed by atoms with E-state index in [1.165, 1.54) is 19.1 Å². The van der Waals surface area contributed by atoms with Gasteiger partial charge in [0.15, 0.2) is 0 Å². The van der Waals surface area contributed by atoms with Crippen LogP contribution in [0, 0.1) is 11.3 Å². The maximum absolute atomic E-state index is 11.7. The maximum Gasteiger partial charge on any atom is 0.333 e. The van der Waals surface area contributed by atoms with Crippen LogP contribution in [0.4, 0.5) is 0 Å². The Morgan fingerprint density at radius 3 is 2.47 bits per heavy atom. The third kappa shape index (κ3) is 2.83. The quantitative estimate of drug-likeness (QED) is 0.653. The van der Waals surface area contributed by atoms with Gasteiger partial charge in [0.05, 0.1) is 7.11 Å². The topological polar surface area (TPSA) is 26.3 Å². The summed E-state index contributed by atoms with van der Waals surface area (Å²) in [6.45, 7) is 8.73. The van der Waals surface area contributed by atoms with Crippen LogP contribution < -0.4 is 0 Å². The van der Waals surface area contributed by atoms with E-state index in [0.717, 1.165) is 18.4 Å². The summed E-state index contributed by atoms with van der Waals surface area (Å²) >= 11 is 0. The first-order valence-corrected chi connectivity index (χ1v) is 5.67. The van der Waals surface area contributed by atoms with Gasteiger partial charge < -0.3 is 4.74 Å². The van der Waals surface area contributed by atoms with Crippen LogP contribution in [0.1, 0.15) is 47.0 Å². The van der Waals surface area contributed by atoms with Crippen molar-refractivity contribution in [2.24, 2.45) is 11.3 Å². The molecule has 0 aromatic rings. The number of hydrogen-bond acceptors (Lipinski definition) is 2. The summed E-state index contributed by atoms with van der Waals surface area (Å²) in [4.78, 5) is 11.7. The molecular weight excluding hydrogens is 188 g/mol. The molecule has 0 fully saturated rings. The molecule has 86 valence electrons. The van der Waals surface area contributed by atoms with E-state index in [1.54, 1.807) is 0 Å². The van der Waals surface area contributed by atoms with Gasteiger partial charge in [-0.3, -0.25) is 0 Å². The van der Waals surface area contributed by atoms with Crippen molar-refractivity contribution in [3.8, 4) is 0 Å². The monoisotopic (exact) mass is 210 g/mol. The van der Waals surface area contributed by atoms with Gasteiger partial charge in [0, 0.05) is 5.57 Å². The molecule has 0 heterocycles. The van der Waals surface area contributed by atoms with Crippen molar-refractivity contribution >= 4 is 5.97 Å². The number of allylic oxidation sites excluding steroid dienone is 1. The van der Waals surface area contributed by atoms with Crippen molar-refractivity contribution in [2.45, 2.75) is 47.0 Å². The smallest absolute Gasteiger partial charge is 0.333 e. The average Bonchev–Trinajstić information content (AvgIpc) is 2.14. The lowest BCUT2D eigenvalue weighted by molar-refractivity contribution is -0.136. The lowest BCUT2D eigenvalue weighted by atomic mass is 9.72. The largest absolute Gasteiger partial charge is 0.466 e. The number of rotatable bonds is 2. The van der Waals surface area contributed by atoms with Gasteiger partial charge in [-0.2, -0.15) is 0 Å². The van der Waals surface area contributed by atoms with E-state index < -0.39 is 0 Å². The number of hydrogen-bond donors (Lipinski definition) is 0. The summed E-state index contributed by atoms with van der Waals surface area (Å²) in [6, 6.07) is 0. The molecule has 2 nitrogen and oxygen atoms in total. The zero-order chi connectivity index (χ0) is 11.6. The van der Waals surface area contributed by atoms with Crippen LogP contribution in [0.3, 0.4) is 0 Å². The third-order valence-electron chi connectivity index (χ3n) is 3.24. The van der Waals surface area contributed by atoms with Crippen LogP contribution >= 0.6 is 0 Å². The fourth-order valence-electron chi connectivity index (χ4n) is 2.27. The van der Waals surface area contributed by atoms with E-state index >= 15 is 0 Å². The summed E-state index contributed by atoms with van der Waals surface area (Å²) in [7, 11) is 1.47. The number of ether oxygens (including phenoxy) is 1. The second kappa shape index (κ2) is 4.38. The Hall–Kier alpha value is -0.790. The van der Waals surface area contributed by atoms with Crippen molar-refractivity contribution in [2.75, 3.05) is 7.11 Å². The highest BCUT2D eigenvalue weighted by Crippen LogP contribution is 2.41. The Labute approximate surface area is 92.7 Å². The van der Waals surface area contributed by atoms with E-state index in [-0.39, 0.29) is 11.4 Å². The molecule has 0 atom stereocenters. The summed E-state index contributed by atoms with van der Waals surface area (Å²) in [5, 5.41) is 0. The molecule has 0 amide bonds. The summed E-state index contributed by atoms with van der Waals surface area (Å²) in [5.74, 6) is 0.321. The van der Waals surface area contributed by atoms with Crippen molar-refractivity contribution in [1.29, 1.82) is 0 Å². The standard InChI is InChI=1S/C13H22O2/c1-9(2)10-6-7-13(3,4)8-11(10)12(14)15-5/h9H,6-8H2,1-5H3. The zero-order valence-electron chi connectivity index (χ0n) is 10.5. The van der Waals surface area contributed by atoms with Gasteiger partial charge in [-0.15, -0.1) is 0 Å². The lowest BCUT2D eigenvalue weighted by Gasteiger charge is -2.33. The Bertz CT molecular complexity index is 285. The second-order valence-corrected chi connectivity index (χ2v) is 5.49. The predicted octanol–water partition coefficient (Wildman–Crippen LogP) is 3.32. The normalized spacial score (nSPS) is 20.7. The molecule has 0 spiro atoms. The second-order valence-electron chi connectivity index (χ2n) is 5.49. The molecule has 1 aliphatic rings. The van der Waals surface area contributed by atoms with Gasteiger partial charge in [0.1, 0.15) is 0 Å². The molecule has 2 heteroatoms. The van der Waals surface area contributed by atoms with Gasteiger partial charge in [-0.25, -0.2) is 4.79 Å². The average molecular weight is 210 g/mol. The molecule has 0 aliphatic heterocycles. The first kappa shape index (κ1) is 12.3. The molecule has 0 saturated heterocycles. The first-order chi connectivity index (χ1) is 6.87. The molecule has 0 saturated carbocycles. The van der Waals surface area contributed by atoms with Crippen molar-refractivity contribution in [3.63, 3.8) is 0 Å². The number of carbonyl (C=O) groups excluding carboxylic acids is 1. The molecule has 0 aromatic carbocycles. The van der Waals surface area contributed by atoms with Crippen LogP contribution in [-0.4, -0.2) is 13.1 Å². The highest BCUT2D eigenvalue weighted by atomic mass is 16.5. The van der Waals surface area contributed by atoms with Crippen molar-refractivity contribution in [1.82, 2.24) is 0 Å². The number of methoxy groups -OCH3 is 1. The first-order valence-electron chi connectivity index (χ1n) is 5.67. The van der Waals surface area contributed by atoms with E-state index in [0.29, 0.717) is 5.92 Å². The van der Waals surface area contributed by atoms with E-state index in [4.69, 9.17) is 4.74 Å². The maximum atomic E-state index is 11.7. The predicted molar refractivity (Wildman–Crippen MR) is 61.5 cm³/mol. The van der Waals surface area contributed by atoms with Gasteiger partial charge >= 0.3 is 5.97 Å². The zero-order valence-corrected chi connectivity index (χ0v) is 10.5. The third-order valence-corrected chi connectivity index (χ3v) is 3.24. The van der Waals surface area contributed by atoms with Gasteiger partial charge in [0.2, 0.25) is 0 Å². The van der Waals surface area contributed by atoms with Gasteiger partial charge in [-0.05, 0) is 30.6 Å². The van der Waals surface area contributed by atoms with E-state index in [2.05, 4.69) is 27.7 Å². The van der Waals surface area contributed by atoms with Crippen molar-refractivity contribution in [3.05, 3.63) is 11.1 Å².